The molecule has 0 bridgehead atoms. The van der Waals surface area contributed by atoms with Gasteiger partial charge in [0, 0.05) is 21.9 Å². The van der Waals surface area contributed by atoms with Crippen molar-refractivity contribution in [2.75, 3.05) is 26.2 Å². The molecule has 0 aliphatic carbocycles. The largest absolute Gasteiger partial charge is 0.490 e. The molecule has 0 saturated heterocycles. The summed E-state index contributed by atoms with van der Waals surface area (Å²) < 4.78 is 14.3. The van der Waals surface area contributed by atoms with Gasteiger partial charge < -0.3 is 14.1 Å². The Morgan fingerprint density at radius 1 is 1.10 bits per heavy atom. The molecule has 0 radical (unpaired) electrons. The molecule has 0 amide bonds. The first-order valence-electron chi connectivity index (χ1n) is 10.9. The standard InChI is InChI=1S/C25H29I2NO3/c1-4-7-11-22-23(18-10-8-9-12-21(18)31-22)24(29)19-15-17(26)16-20(27)25(19)30-14-13-28(5-2)6-3/h8-10,12,15-16H,4-7,11,13-14H2,1-3H3. The maximum atomic E-state index is 13.9. The third kappa shape index (κ3) is 5.82. The molecular formula is C25H29I2NO3. The van der Waals surface area contributed by atoms with E-state index in [2.05, 4.69) is 76.9 Å². The molecule has 0 aliphatic heterocycles. The van der Waals surface area contributed by atoms with Crippen molar-refractivity contribution >= 4 is 61.9 Å². The minimum atomic E-state index is -0.0228. The van der Waals surface area contributed by atoms with Gasteiger partial charge in [0.25, 0.3) is 0 Å². The fourth-order valence-electron chi connectivity index (χ4n) is 3.69. The van der Waals surface area contributed by atoms with Crippen LogP contribution >= 0.6 is 45.2 Å². The number of para-hydroxylation sites is 1. The number of hydrogen-bond acceptors (Lipinski definition) is 4. The molecular weight excluding hydrogens is 616 g/mol. The molecule has 0 aliphatic rings. The Bertz CT molecular complexity index is 1040. The summed E-state index contributed by atoms with van der Waals surface area (Å²) in [6.07, 6.45) is 2.79. The summed E-state index contributed by atoms with van der Waals surface area (Å²) in [5, 5.41) is 0.876. The van der Waals surface area contributed by atoms with Crippen LogP contribution in [0.1, 0.15) is 55.3 Å². The van der Waals surface area contributed by atoms with Gasteiger partial charge in [0.2, 0.25) is 5.78 Å². The Labute approximate surface area is 212 Å². The van der Waals surface area contributed by atoms with Crippen LogP contribution in [0.2, 0.25) is 0 Å². The second-order valence-corrected chi connectivity index (χ2v) is 9.88. The van der Waals surface area contributed by atoms with Crippen molar-refractivity contribution in [1.29, 1.82) is 0 Å². The predicted octanol–water partition coefficient (Wildman–Crippen LogP) is 6.94. The molecule has 0 atom stereocenters. The van der Waals surface area contributed by atoms with Crippen LogP contribution in [-0.4, -0.2) is 36.9 Å². The lowest BCUT2D eigenvalue weighted by atomic mass is 9.97. The molecule has 166 valence electrons. The Hall–Kier alpha value is -1.13. The van der Waals surface area contributed by atoms with E-state index in [1.807, 2.05) is 30.3 Å². The highest BCUT2D eigenvalue weighted by atomic mass is 127. The summed E-state index contributed by atoms with van der Waals surface area (Å²) >= 11 is 4.53. The lowest BCUT2D eigenvalue weighted by Gasteiger charge is -2.19. The summed E-state index contributed by atoms with van der Waals surface area (Å²) in [6, 6.07) is 11.8. The number of likely N-dealkylation sites (N-methyl/N-ethyl adjacent to an activating group) is 1. The number of unbranched alkanes of at least 4 members (excludes halogenated alkanes) is 1. The van der Waals surface area contributed by atoms with Gasteiger partial charge in [0.15, 0.2) is 0 Å². The number of ether oxygens (including phenoxy) is 1. The zero-order chi connectivity index (χ0) is 22.4. The average Bonchev–Trinajstić information content (AvgIpc) is 3.14. The number of halogens is 2. The van der Waals surface area contributed by atoms with E-state index in [0.717, 1.165) is 62.8 Å². The van der Waals surface area contributed by atoms with Gasteiger partial charge in [-0.25, -0.2) is 0 Å². The van der Waals surface area contributed by atoms with Crippen molar-refractivity contribution in [1.82, 2.24) is 4.90 Å². The smallest absolute Gasteiger partial charge is 0.200 e. The topological polar surface area (TPSA) is 42.7 Å². The minimum absolute atomic E-state index is 0.0228. The molecule has 3 aromatic rings. The van der Waals surface area contributed by atoms with Crippen LogP contribution in [0, 0.1) is 7.14 Å². The van der Waals surface area contributed by atoms with E-state index in [9.17, 15) is 4.79 Å². The first kappa shape index (κ1) is 24.5. The second kappa shape index (κ2) is 11.7. The van der Waals surface area contributed by atoms with Gasteiger partial charge in [-0.15, -0.1) is 0 Å². The highest BCUT2D eigenvalue weighted by Gasteiger charge is 2.25. The SMILES string of the molecule is CCCCc1oc2ccccc2c1C(=O)c1cc(I)cc(I)c1OCCN(CC)CC. The number of fused-ring (bicyclic) bond motifs is 1. The molecule has 2 aromatic carbocycles. The van der Waals surface area contributed by atoms with Crippen LogP contribution in [-0.2, 0) is 6.42 Å². The van der Waals surface area contributed by atoms with E-state index >= 15 is 0 Å². The molecule has 4 nitrogen and oxygen atoms in total. The third-order valence-electron chi connectivity index (χ3n) is 5.45. The lowest BCUT2D eigenvalue weighted by Crippen LogP contribution is -2.28. The van der Waals surface area contributed by atoms with Gasteiger partial charge in [-0.05, 0) is 82.9 Å². The maximum absolute atomic E-state index is 13.9. The minimum Gasteiger partial charge on any atom is -0.490 e. The molecule has 0 unspecified atom stereocenters. The van der Waals surface area contributed by atoms with Gasteiger partial charge >= 0.3 is 0 Å². The Morgan fingerprint density at radius 3 is 2.55 bits per heavy atom. The van der Waals surface area contributed by atoms with Crippen molar-refractivity contribution in [3.8, 4) is 5.75 Å². The Balaban J connectivity index is 2.01. The zero-order valence-corrected chi connectivity index (χ0v) is 22.7. The normalized spacial score (nSPS) is 11.4. The van der Waals surface area contributed by atoms with E-state index in [0.29, 0.717) is 23.5 Å². The van der Waals surface area contributed by atoms with Crippen LogP contribution in [0.3, 0.4) is 0 Å². The molecule has 0 spiro atoms. The van der Waals surface area contributed by atoms with Crippen molar-refractivity contribution in [2.45, 2.75) is 40.0 Å². The lowest BCUT2D eigenvalue weighted by molar-refractivity contribution is 0.103. The Kier molecular flexibility index (Phi) is 9.21. The van der Waals surface area contributed by atoms with Crippen LogP contribution in [0.15, 0.2) is 40.8 Å². The summed E-state index contributed by atoms with van der Waals surface area (Å²) in [7, 11) is 0. The first-order chi connectivity index (χ1) is 15.0. The van der Waals surface area contributed by atoms with Crippen LogP contribution in [0.5, 0.6) is 5.75 Å². The van der Waals surface area contributed by atoms with E-state index in [1.165, 1.54) is 0 Å². The highest BCUT2D eigenvalue weighted by molar-refractivity contribution is 14.1. The van der Waals surface area contributed by atoms with Crippen LogP contribution in [0.4, 0.5) is 0 Å². The summed E-state index contributed by atoms with van der Waals surface area (Å²) in [5.74, 6) is 1.42. The first-order valence-corrected chi connectivity index (χ1v) is 13.0. The number of furan rings is 1. The number of aryl methyl sites for hydroxylation is 1. The summed E-state index contributed by atoms with van der Waals surface area (Å²) in [4.78, 5) is 16.2. The van der Waals surface area contributed by atoms with Gasteiger partial charge in [0.05, 0.1) is 14.7 Å². The number of ketones is 1. The fraction of sp³-hybridized carbons (Fsp3) is 0.400. The van der Waals surface area contributed by atoms with Crippen molar-refractivity contribution in [3.05, 3.63) is 60.4 Å². The molecule has 0 fully saturated rings. The molecule has 1 aromatic heterocycles. The molecule has 6 heteroatoms. The zero-order valence-electron chi connectivity index (χ0n) is 18.3. The third-order valence-corrected chi connectivity index (χ3v) is 6.88. The second-order valence-electron chi connectivity index (χ2n) is 7.47. The molecule has 3 rings (SSSR count). The van der Waals surface area contributed by atoms with Gasteiger partial charge in [-0.2, -0.15) is 0 Å². The molecule has 31 heavy (non-hydrogen) atoms. The predicted molar refractivity (Wildman–Crippen MR) is 143 cm³/mol. The molecule has 0 saturated carbocycles. The number of nitrogens with zero attached hydrogens (tertiary/aromatic N) is 1. The number of hydrogen-bond donors (Lipinski definition) is 0. The molecule has 0 N–H and O–H groups in total. The van der Waals surface area contributed by atoms with E-state index < -0.39 is 0 Å². The maximum Gasteiger partial charge on any atom is 0.200 e. The van der Waals surface area contributed by atoms with E-state index in [4.69, 9.17) is 9.15 Å². The van der Waals surface area contributed by atoms with Crippen molar-refractivity contribution in [3.63, 3.8) is 0 Å². The average molecular weight is 645 g/mol. The molecule has 1 heterocycles. The van der Waals surface area contributed by atoms with Gasteiger partial charge in [0.1, 0.15) is 23.7 Å². The fourth-order valence-corrected chi connectivity index (χ4v) is 5.69. The van der Waals surface area contributed by atoms with E-state index in [1.54, 1.807) is 0 Å². The van der Waals surface area contributed by atoms with Crippen molar-refractivity contribution in [2.24, 2.45) is 0 Å². The van der Waals surface area contributed by atoms with Gasteiger partial charge in [-0.1, -0.05) is 45.4 Å². The van der Waals surface area contributed by atoms with Gasteiger partial charge in [-0.3, -0.25) is 4.79 Å². The highest BCUT2D eigenvalue weighted by Crippen LogP contribution is 2.35. The number of carbonyl (C=O) groups excluding carboxylic acids is 1. The number of carbonyl (C=O) groups is 1. The van der Waals surface area contributed by atoms with Crippen LogP contribution < -0.4 is 4.74 Å². The number of rotatable bonds is 11. The summed E-state index contributed by atoms with van der Waals surface area (Å²) in [6.45, 7) is 9.79. The monoisotopic (exact) mass is 645 g/mol. The van der Waals surface area contributed by atoms with Crippen LogP contribution in [0.25, 0.3) is 11.0 Å². The quantitative estimate of drug-likeness (QED) is 0.168. The van der Waals surface area contributed by atoms with Crippen molar-refractivity contribution < 1.29 is 13.9 Å². The number of benzene rings is 2. The summed E-state index contributed by atoms with van der Waals surface area (Å²) in [5.41, 5.74) is 2.05. The Morgan fingerprint density at radius 2 is 1.84 bits per heavy atom. The van der Waals surface area contributed by atoms with E-state index in [-0.39, 0.29) is 5.78 Å².